The molecule has 108 valence electrons. The third-order valence-electron chi connectivity index (χ3n) is 3.95. The van der Waals surface area contributed by atoms with Gasteiger partial charge in [-0.1, -0.05) is 35.0 Å². The van der Waals surface area contributed by atoms with Crippen LogP contribution in [0.4, 0.5) is 5.69 Å². The minimum absolute atomic E-state index is 0.0784. The smallest absolute Gasteiger partial charge is 0.285 e. The van der Waals surface area contributed by atoms with Crippen LogP contribution >= 0.6 is 15.9 Å². The van der Waals surface area contributed by atoms with Gasteiger partial charge in [-0.05, 0) is 25.3 Å². The number of rotatable bonds is 3. The molecule has 1 saturated heterocycles. The van der Waals surface area contributed by atoms with Crippen LogP contribution in [0.15, 0.2) is 18.2 Å². The molecule has 5 nitrogen and oxygen atoms in total. The second-order valence-electron chi connectivity index (χ2n) is 5.21. The van der Waals surface area contributed by atoms with Crippen molar-refractivity contribution in [2.75, 3.05) is 11.9 Å². The second kappa shape index (κ2) is 5.91. The Labute approximate surface area is 126 Å². The maximum absolute atomic E-state index is 12.6. The predicted molar refractivity (Wildman–Crippen MR) is 80.2 cm³/mol. The molecule has 0 saturated carbocycles. The molecule has 1 aromatic carbocycles. The summed E-state index contributed by atoms with van der Waals surface area (Å²) in [6.45, 7) is 4.41. The van der Waals surface area contributed by atoms with E-state index < -0.39 is 4.92 Å². The van der Waals surface area contributed by atoms with Crippen molar-refractivity contribution in [3.63, 3.8) is 0 Å². The molecule has 0 bridgehead atoms. The zero-order valence-corrected chi connectivity index (χ0v) is 13.1. The topological polar surface area (TPSA) is 63.5 Å². The highest BCUT2D eigenvalue weighted by atomic mass is 79.9. The molecule has 1 heterocycles. The molecule has 1 aliphatic heterocycles. The average molecular weight is 341 g/mol. The molecule has 2 unspecified atom stereocenters. The van der Waals surface area contributed by atoms with E-state index >= 15 is 0 Å². The summed E-state index contributed by atoms with van der Waals surface area (Å²) in [6, 6.07) is 4.99. The number of nitrogens with zero attached hydrogens (tertiary/aromatic N) is 2. The van der Waals surface area contributed by atoms with Crippen LogP contribution in [0.1, 0.15) is 29.3 Å². The average Bonchev–Trinajstić information content (AvgIpc) is 2.78. The fourth-order valence-corrected chi connectivity index (χ4v) is 3.71. The van der Waals surface area contributed by atoms with E-state index in [1.807, 2.05) is 0 Å². The lowest BCUT2D eigenvalue weighted by atomic mass is 10.0. The van der Waals surface area contributed by atoms with Crippen LogP contribution in [0.3, 0.4) is 0 Å². The first-order valence-corrected chi connectivity index (χ1v) is 7.70. The van der Waals surface area contributed by atoms with Crippen molar-refractivity contribution in [2.45, 2.75) is 26.3 Å². The summed E-state index contributed by atoms with van der Waals surface area (Å²) in [6.07, 6.45) is 0.932. The Balaban J connectivity index is 2.40. The van der Waals surface area contributed by atoms with Crippen molar-refractivity contribution >= 4 is 27.5 Å². The van der Waals surface area contributed by atoms with Gasteiger partial charge >= 0.3 is 0 Å². The first-order chi connectivity index (χ1) is 9.47. The summed E-state index contributed by atoms with van der Waals surface area (Å²) in [5.74, 6) is 0.163. The highest BCUT2D eigenvalue weighted by Gasteiger charge is 2.36. The van der Waals surface area contributed by atoms with Gasteiger partial charge in [-0.15, -0.1) is 0 Å². The van der Waals surface area contributed by atoms with Crippen LogP contribution < -0.4 is 0 Å². The monoisotopic (exact) mass is 340 g/mol. The van der Waals surface area contributed by atoms with Gasteiger partial charge in [-0.25, -0.2) is 0 Å². The largest absolute Gasteiger partial charge is 0.334 e. The van der Waals surface area contributed by atoms with Crippen LogP contribution in [0.5, 0.6) is 0 Å². The van der Waals surface area contributed by atoms with E-state index in [4.69, 9.17) is 0 Å². The summed E-state index contributed by atoms with van der Waals surface area (Å²) >= 11 is 3.43. The van der Waals surface area contributed by atoms with E-state index in [1.165, 1.54) is 0 Å². The molecule has 1 aliphatic rings. The Morgan fingerprint density at radius 3 is 2.85 bits per heavy atom. The van der Waals surface area contributed by atoms with Crippen molar-refractivity contribution in [3.8, 4) is 0 Å². The molecule has 0 aromatic heterocycles. The van der Waals surface area contributed by atoms with E-state index in [9.17, 15) is 14.9 Å². The number of nitro benzene ring substituents is 1. The zero-order chi connectivity index (χ0) is 14.9. The number of aryl methyl sites for hydroxylation is 1. The highest BCUT2D eigenvalue weighted by Crippen LogP contribution is 2.30. The van der Waals surface area contributed by atoms with Crippen LogP contribution in [-0.4, -0.2) is 33.6 Å². The summed E-state index contributed by atoms with van der Waals surface area (Å²) in [5.41, 5.74) is 0.629. The van der Waals surface area contributed by atoms with Gasteiger partial charge in [0, 0.05) is 23.5 Å². The van der Waals surface area contributed by atoms with Gasteiger partial charge in [0.2, 0.25) is 0 Å². The molecule has 2 rings (SSSR count). The zero-order valence-electron chi connectivity index (χ0n) is 11.5. The maximum Gasteiger partial charge on any atom is 0.285 e. The Morgan fingerprint density at radius 2 is 2.25 bits per heavy atom. The molecular formula is C14H17BrN2O3. The third kappa shape index (κ3) is 2.57. The Kier molecular flexibility index (Phi) is 4.42. The normalized spacial score (nSPS) is 22.1. The van der Waals surface area contributed by atoms with Crippen LogP contribution in [0.25, 0.3) is 0 Å². The van der Waals surface area contributed by atoms with Crippen LogP contribution in [-0.2, 0) is 0 Å². The molecule has 0 aliphatic carbocycles. The summed E-state index contributed by atoms with van der Waals surface area (Å²) < 4.78 is 0. The first kappa shape index (κ1) is 15.0. The van der Waals surface area contributed by atoms with Crippen molar-refractivity contribution in [1.82, 2.24) is 4.90 Å². The van der Waals surface area contributed by atoms with Crippen molar-refractivity contribution in [1.29, 1.82) is 0 Å². The molecule has 1 fully saturated rings. The van der Waals surface area contributed by atoms with Gasteiger partial charge in [0.1, 0.15) is 5.56 Å². The van der Waals surface area contributed by atoms with E-state index in [-0.39, 0.29) is 23.2 Å². The number of likely N-dealkylation sites (tertiary alicyclic amines) is 1. The van der Waals surface area contributed by atoms with Gasteiger partial charge in [-0.3, -0.25) is 14.9 Å². The fourth-order valence-electron chi connectivity index (χ4n) is 2.72. The van der Waals surface area contributed by atoms with Crippen LogP contribution in [0, 0.1) is 23.0 Å². The number of carbonyl (C=O) groups is 1. The SMILES string of the molecule is Cc1cccc(C(=O)N2CCC(C)C2CBr)c1[N+](=O)[O-]. The Morgan fingerprint density at radius 1 is 1.55 bits per heavy atom. The molecule has 20 heavy (non-hydrogen) atoms. The summed E-state index contributed by atoms with van der Waals surface area (Å²) in [7, 11) is 0. The lowest BCUT2D eigenvalue weighted by molar-refractivity contribution is -0.385. The predicted octanol–water partition coefficient (Wildman–Crippen LogP) is 3.15. The van der Waals surface area contributed by atoms with Gasteiger partial charge < -0.3 is 4.90 Å². The molecule has 1 aromatic rings. The highest BCUT2D eigenvalue weighted by molar-refractivity contribution is 9.09. The van der Waals surface area contributed by atoms with Gasteiger partial charge in [-0.2, -0.15) is 0 Å². The third-order valence-corrected chi connectivity index (χ3v) is 4.62. The Hall–Kier alpha value is -1.43. The number of amides is 1. The minimum atomic E-state index is -0.467. The van der Waals surface area contributed by atoms with E-state index in [1.54, 1.807) is 30.0 Å². The standard InChI is InChI=1S/C14H17BrN2O3/c1-9-6-7-16(12(9)8-15)14(18)11-5-3-4-10(2)13(11)17(19)20/h3-5,9,12H,6-8H2,1-2H3. The number of hydrogen-bond donors (Lipinski definition) is 0. The summed E-state index contributed by atoms with van der Waals surface area (Å²) in [4.78, 5) is 25.1. The number of nitro groups is 1. The molecule has 0 radical (unpaired) electrons. The molecular weight excluding hydrogens is 324 g/mol. The second-order valence-corrected chi connectivity index (χ2v) is 5.86. The quantitative estimate of drug-likeness (QED) is 0.482. The lowest BCUT2D eigenvalue weighted by Crippen LogP contribution is -2.38. The number of carbonyl (C=O) groups excluding carboxylic acids is 1. The fraction of sp³-hybridized carbons (Fsp3) is 0.500. The molecule has 6 heteroatoms. The number of alkyl halides is 1. The molecule has 0 spiro atoms. The molecule has 2 atom stereocenters. The van der Waals surface area contributed by atoms with E-state index in [0.29, 0.717) is 23.4 Å². The van der Waals surface area contributed by atoms with Gasteiger partial charge in [0.25, 0.3) is 11.6 Å². The number of hydrogen-bond acceptors (Lipinski definition) is 3. The maximum atomic E-state index is 12.6. The van der Waals surface area contributed by atoms with Crippen molar-refractivity contribution < 1.29 is 9.72 Å². The molecule has 1 amide bonds. The Bertz CT molecular complexity index is 547. The van der Waals surface area contributed by atoms with Gasteiger partial charge in [0.15, 0.2) is 0 Å². The lowest BCUT2D eigenvalue weighted by Gasteiger charge is -2.25. The number of para-hydroxylation sites is 1. The van der Waals surface area contributed by atoms with Crippen molar-refractivity contribution in [3.05, 3.63) is 39.4 Å². The van der Waals surface area contributed by atoms with Crippen LogP contribution in [0.2, 0.25) is 0 Å². The van der Waals surface area contributed by atoms with Crippen molar-refractivity contribution in [2.24, 2.45) is 5.92 Å². The minimum Gasteiger partial charge on any atom is -0.334 e. The van der Waals surface area contributed by atoms with E-state index in [2.05, 4.69) is 22.9 Å². The molecule has 0 N–H and O–H groups in total. The number of halogens is 1. The number of benzene rings is 1. The van der Waals surface area contributed by atoms with Gasteiger partial charge in [0.05, 0.1) is 4.92 Å². The summed E-state index contributed by atoms with van der Waals surface area (Å²) in [5, 5.41) is 11.9. The van der Waals surface area contributed by atoms with E-state index in [0.717, 1.165) is 6.42 Å². The first-order valence-electron chi connectivity index (χ1n) is 6.58.